The molecule has 1 N–H and O–H groups in total. The molecule has 0 unspecified atom stereocenters. The maximum Gasteiger partial charge on any atom is 0.332 e. The van der Waals surface area contributed by atoms with E-state index in [9.17, 15) is 14.4 Å². The minimum atomic E-state index is -0.869. The number of carbonyl (C=O) groups is 1. The molecule has 5 aromatic heterocycles. The quantitative estimate of drug-likeness (QED) is 0.301. The van der Waals surface area contributed by atoms with Crippen molar-refractivity contribution in [3.8, 4) is 11.4 Å². The summed E-state index contributed by atoms with van der Waals surface area (Å²) in [4.78, 5) is 63.9. The van der Waals surface area contributed by atoms with Gasteiger partial charge in [-0.25, -0.2) is 29.7 Å². The predicted molar refractivity (Wildman–Crippen MR) is 152 cm³/mol. The van der Waals surface area contributed by atoms with Gasteiger partial charge < -0.3 is 19.3 Å². The molecule has 0 saturated carbocycles. The highest BCUT2D eigenvalue weighted by Crippen LogP contribution is 2.23. The van der Waals surface area contributed by atoms with E-state index < -0.39 is 23.2 Å². The predicted octanol–water partition coefficient (Wildman–Crippen LogP) is 1.68. The zero-order valence-electron chi connectivity index (χ0n) is 23.6. The van der Waals surface area contributed by atoms with Gasteiger partial charge in [0.05, 0.1) is 18.4 Å². The molecule has 0 bridgehead atoms. The molecule has 1 saturated heterocycles. The molecule has 1 fully saturated rings. The number of hydrogen-bond donors (Lipinski definition) is 1. The van der Waals surface area contributed by atoms with E-state index in [1.54, 1.807) is 38.4 Å². The van der Waals surface area contributed by atoms with Crippen LogP contribution in [0.5, 0.6) is 0 Å². The third-order valence-corrected chi connectivity index (χ3v) is 7.46. The second-order valence-corrected chi connectivity index (χ2v) is 10.4. The van der Waals surface area contributed by atoms with E-state index >= 15 is 0 Å². The first kappa shape index (κ1) is 27.0. The Labute approximate surface area is 238 Å². The van der Waals surface area contributed by atoms with Crippen molar-refractivity contribution in [1.82, 2.24) is 43.8 Å². The summed E-state index contributed by atoms with van der Waals surface area (Å²) in [6, 6.07) is 2.74. The Morgan fingerprint density at radius 2 is 1.98 bits per heavy atom. The van der Waals surface area contributed by atoms with Gasteiger partial charge in [-0.1, -0.05) is 5.16 Å². The maximum absolute atomic E-state index is 13.5. The fourth-order valence-corrected chi connectivity index (χ4v) is 5.12. The van der Waals surface area contributed by atoms with Gasteiger partial charge in [0, 0.05) is 44.3 Å². The third kappa shape index (κ3) is 4.82. The van der Waals surface area contributed by atoms with Crippen molar-refractivity contribution in [3.63, 3.8) is 0 Å². The van der Waals surface area contributed by atoms with Gasteiger partial charge >= 0.3 is 5.69 Å². The first-order valence-corrected chi connectivity index (χ1v) is 13.5. The second-order valence-electron chi connectivity index (χ2n) is 10.4. The molecule has 15 heteroatoms. The highest BCUT2D eigenvalue weighted by Gasteiger charge is 2.25. The summed E-state index contributed by atoms with van der Waals surface area (Å²) >= 11 is 0. The van der Waals surface area contributed by atoms with Crippen molar-refractivity contribution in [2.45, 2.75) is 52.2 Å². The molecule has 5 aromatic rings. The van der Waals surface area contributed by atoms with E-state index in [-0.39, 0.29) is 23.5 Å². The summed E-state index contributed by atoms with van der Waals surface area (Å²) < 4.78 is 8.81. The fourth-order valence-electron chi connectivity index (χ4n) is 5.12. The topological polar surface area (TPSA) is 172 Å². The average Bonchev–Trinajstić information content (AvgIpc) is 3.74. The van der Waals surface area contributed by atoms with E-state index in [1.165, 1.54) is 28.7 Å². The molecule has 42 heavy (non-hydrogen) atoms. The lowest BCUT2D eigenvalue weighted by Gasteiger charge is -2.20. The van der Waals surface area contributed by atoms with Gasteiger partial charge in [0.2, 0.25) is 11.9 Å². The second kappa shape index (κ2) is 10.6. The van der Waals surface area contributed by atoms with E-state index in [0.717, 1.165) is 24.0 Å². The molecule has 1 amide bonds. The van der Waals surface area contributed by atoms with Crippen LogP contribution in [-0.2, 0) is 18.4 Å². The molecule has 15 nitrogen and oxygen atoms in total. The van der Waals surface area contributed by atoms with Crippen LogP contribution in [0.4, 0.5) is 11.8 Å². The summed E-state index contributed by atoms with van der Waals surface area (Å²) in [6.07, 6.45) is 8.47. The van der Waals surface area contributed by atoms with Crippen LogP contribution in [0.2, 0.25) is 0 Å². The van der Waals surface area contributed by atoms with Gasteiger partial charge in [0.1, 0.15) is 23.3 Å². The van der Waals surface area contributed by atoms with Gasteiger partial charge in [-0.15, -0.1) is 0 Å². The molecule has 0 spiro atoms. The number of aromatic nitrogens is 9. The smallest absolute Gasteiger partial charge is 0.332 e. The van der Waals surface area contributed by atoms with Gasteiger partial charge in [-0.2, -0.15) is 0 Å². The van der Waals surface area contributed by atoms with Crippen LogP contribution in [0.25, 0.3) is 22.6 Å². The summed E-state index contributed by atoms with van der Waals surface area (Å²) in [5.74, 6) is 1.41. The molecule has 1 aliphatic heterocycles. The maximum atomic E-state index is 13.5. The highest BCUT2D eigenvalue weighted by atomic mass is 16.5. The molecule has 0 radical (unpaired) electrons. The van der Waals surface area contributed by atoms with Crippen molar-refractivity contribution in [2.75, 3.05) is 16.8 Å². The number of anilines is 2. The lowest BCUT2D eigenvalue weighted by Crippen LogP contribution is -2.40. The van der Waals surface area contributed by atoms with E-state index in [0.29, 0.717) is 34.8 Å². The normalized spacial score (nSPS) is 15.8. The number of imidazole rings is 1. The molecular formula is C27H29N11O4. The fraction of sp³-hybridized carbons (Fsp3) is 0.370. The Kier molecular flexibility index (Phi) is 6.84. The summed E-state index contributed by atoms with van der Waals surface area (Å²) in [5, 5.41) is 6.67. The summed E-state index contributed by atoms with van der Waals surface area (Å²) in [6.45, 7) is 6.34. The van der Waals surface area contributed by atoms with Crippen molar-refractivity contribution in [3.05, 3.63) is 69.3 Å². The lowest BCUT2D eigenvalue weighted by atomic mass is 10.2. The van der Waals surface area contributed by atoms with Crippen LogP contribution in [0.15, 0.2) is 51.2 Å². The Morgan fingerprint density at radius 1 is 1.19 bits per heavy atom. The monoisotopic (exact) mass is 571 g/mol. The Hall–Kier alpha value is -5.21. The number of nitrogens with zero attached hydrogens (tertiary/aromatic N) is 10. The van der Waals surface area contributed by atoms with Crippen molar-refractivity contribution in [2.24, 2.45) is 7.05 Å². The molecule has 2 atom stereocenters. The Balaban J connectivity index is 1.24. The SMILES string of the molecule is Cc1cc(Cn2c(=O)c3c(ncn3[C@@H](C)C(=O)Nc3ccnc(-c4cnc(N5CCC[C@H]5C)nc4)n3)n(C)c2=O)no1. The van der Waals surface area contributed by atoms with Crippen LogP contribution < -0.4 is 21.5 Å². The minimum absolute atomic E-state index is 0.0873. The minimum Gasteiger partial charge on any atom is -0.361 e. The van der Waals surface area contributed by atoms with Crippen LogP contribution in [0.1, 0.15) is 44.2 Å². The number of hydrogen-bond acceptors (Lipinski definition) is 11. The van der Waals surface area contributed by atoms with Crippen LogP contribution in [-0.4, -0.2) is 62.3 Å². The molecule has 6 heterocycles. The van der Waals surface area contributed by atoms with Crippen LogP contribution in [0, 0.1) is 6.92 Å². The first-order valence-electron chi connectivity index (χ1n) is 13.5. The Morgan fingerprint density at radius 3 is 2.67 bits per heavy atom. The largest absolute Gasteiger partial charge is 0.361 e. The average molecular weight is 572 g/mol. The summed E-state index contributed by atoms with van der Waals surface area (Å²) in [7, 11) is 1.51. The zero-order valence-corrected chi connectivity index (χ0v) is 23.6. The van der Waals surface area contributed by atoms with Crippen molar-refractivity contribution >= 4 is 28.8 Å². The van der Waals surface area contributed by atoms with Gasteiger partial charge in [-0.3, -0.25) is 18.7 Å². The number of fused-ring (bicyclic) bond motifs is 1. The highest BCUT2D eigenvalue weighted by molar-refractivity contribution is 5.93. The third-order valence-electron chi connectivity index (χ3n) is 7.46. The number of rotatable bonds is 7. The number of carbonyl (C=O) groups excluding carboxylic acids is 1. The van der Waals surface area contributed by atoms with Crippen molar-refractivity contribution < 1.29 is 9.32 Å². The van der Waals surface area contributed by atoms with Gasteiger partial charge in [0.15, 0.2) is 17.0 Å². The number of nitrogens with one attached hydrogen (secondary N) is 1. The lowest BCUT2D eigenvalue weighted by molar-refractivity contribution is -0.118. The van der Waals surface area contributed by atoms with Crippen molar-refractivity contribution in [1.29, 1.82) is 0 Å². The van der Waals surface area contributed by atoms with Gasteiger partial charge in [0.25, 0.3) is 5.56 Å². The molecule has 216 valence electrons. The number of amides is 1. The van der Waals surface area contributed by atoms with E-state index in [2.05, 4.69) is 47.2 Å². The van der Waals surface area contributed by atoms with Gasteiger partial charge in [-0.05, 0) is 39.7 Å². The van der Waals surface area contributed by atoms with E-state index in [1.807, 2.05) is 0 Å². The van der Waals surface area contributed by atoms with E-state index in [4.69, 9.17) is 4.52 Å². The zero-order chi connectivity index (χ0) is 29.5. The number of aryl methyl sites for hydroxylation is 2. The molecule has 0 aromatic carbocycles. The molecule has 0 aliphatic carbocycles. The van der Waals surface area contributed by atoms with Crippen LogP contribution >= 0.6 is 0 Å². The molecular weight excluding hydrogens is 542 g/mol. The standard InChI is InChI=1S/C27H29N11O4/c1-15-6-5-9-36(15)26-29-11-18(12-30-26)22-28-8-7-20(32-22)33-24(39)17(3)38-14-31-23-21(38)25(40)37(27(41)35(23)4)13-19-10-16(2)42-34-19/h7-8,10-12,14-15,17H,5-6,9,13H2,1-4H3,(H,28,32,33,39)/t15-,17+/m1/s1. The molecule has 6 rings (SSSR count). The Bertz CT molecular complexity index is 1900. The molecule has 1 aliphatic rings. The first-order chi connectivity index (χ1) is 20.2. The summed E-state index contributed by atoms with van der Waals surface area (Å²) in [5.41, 5.74) is 0.145. The van der Waals surface area contributed by atoms with Crippen LogP contribution in [0.3, 0.4) is 0 Å².